The highest BCUT2D eigenvalue weighted by Crippen LogP contribution is 2.20. The molecule has 0 bridgehead atoms. The predicted molar refractivity (Wildman–Crippen MR) is 96.2 cm³/mol. The fraction of sp³-hybridized carbons (Fsp3) is 0.368. The van der Waals surface area contributed by atoms with Gasteiger partial charge in [-0.05, 0) is 39.8 Å². The van der Waals surface area contributed by atoms with Crippen LogP contribution in [0.5, 0.6) is 0 Å². The van der Waals surface area contributed by atoms with Crippen molar-refractivity contribution in [3.8, 4) is 5.69 Å². The summed E-state index contributed by atoms with van der Waals surface area (Å²) in [5, 5.41) is 12.6. The lowest BCUT2D eigenvalue weighted by molar-refractivity contribution is 0.568. The van der Waals surface area contributed by atoms with Crippen molar-refractivity contribution >= 4 is 0 Å². The van der Waals surface area contributed by atoms with Crippen LogP contribution in [0, 0.1) is 13.8 Å². The minimum atomic E-state index is 0.229. The van der Waals surface area contributed by atoms with E-state index in [0.717, 1.165) is 18.8 Å². The van der Waals surface area contributed by atoms with Crippen molar-refractivity contribution in [1.29, 1.82) is 0 Å². The minimum absolute atomic E-state index is 0.229. The summed E-state index contributed by atoms with van der Waals surface area (Å²) >= 11 is 0. The van der Waals surface area contributed by atoms with Gasteiger partial charge >= 0.3 is 0 Å². The molecule has 1 N–H and O–H groups in total. The Labute approximate surface area is 143 Å². The van der Waals surface area contributed by atoms with E-state index in [1.165, 1.54) is 22.5 Å². The van der Waals surface area contributed by atoms with E-state index in [-0.39, 0.29) is 6.04 Å². The highest BCUT2D eigenvalue weighted by atomic mass is 15.3. The van der Waals surface area contributed by atoms with Gasteiger partial charge in [-0.1, -0.05) is 18.2 Å². The molecule has 3 aromatic rings. The van der Waals surface area contributed by atoms with E-state index in [2.05, 4.69) is 55.3 Å². The Kier molecular flexibility index (Phi) is 4.81. The van der Waals surface area contributed by atoms with Gasteiger partial charge in [0.25, 0.3) is 0 Å². The van der Waals surface area contributed by atoms with Crippen molar-refractivity contribution in [2.75, 3.05) is 0 Å². The van der Waals surface area contributed by atoms with Gasteiger partial charge in [-0.15, -0.1) is 0 Å². The Balaban J connectivity index is 1.73. The molecule has 1 aromatic carbocycles. The summed E-state index contributed by atoms with van der Waals surface area (Å²) < 4.78 is 4.02. The molecule has 0 radical (unpaired) electrons. The quantitative estimate of drug-likeness (QED) is 0.754. The number of rotatable bonds is 6. The number of nitrogens with zero attached hydrogens (tertiary/aromatic N) is 4. The van der Waals surface area contributed by atoms with Crippen LogP contribution in [0.2, 0.25) is 0 Å². The van der Waals surface area contributed by atoms with E-state index in [4.69, 9.17) is 0 Å². The monoisotopic (exact) mass is 323 g/mol. The Hall–Kier alpha value is -2.40. The third-order valence-corrected chi connectivity index (χ3v) is 4.62. The van der Waals surface area contributed by atoms with Crippen LogP contribution in [-0.2, 0) is 13.1 Å². The second-order valence-electron chi connectivity index (χ2n) is 6.11. The molecule has 2 aromatic heterocycles. The molecule has 0 aliphatic carbocycles. The molecule has 2 heterocycles. The van der Waals surface area contributed by atoms with Crippen molar-refractivity contribution in [2.24, 2.45) is 0 Å². The summed E-state index contributed by atoms with van der Waals surface area (Å²) in [4.78, 5) is 0. The van der Waals surface area contributed by atoms with E-state index in [9.17, 15) is 0 Å². The van der Waals surface area contributed by atoms with Crippen LogP contribution in [0.4, 0.5) is 0 Å². The average Bonchev–Trinajstić information content (AvgIpc) is 3.16. The molecule has 1 unspecified atom stereocenters. The van der Waals surface area contributed by atoms with Crippen LogP contribution in [0.25, 0.3) is 5.69 Å². The van der Waals surface area contributed by atoms with Gasteiger partial charge in [0, 0.05) is 41.6 Å². The first-order valence-electron chi connectivity index (χ1n) is 8.46. The molecule has 0 saturated heterocycles. The van der Waals surface area contributed by atoms with Crippen LogP contribution in [0.1, 0.15) is 42.4 Å². The van der Waals surface area contributed by atoms with E-state index in [1.807, 2.05) is 40.0 Å². The molecule has 126 valence electrons. The Morgan fingerprint density at radius 1 is 1.04 bits per heavy atom. The average molecular weight is 323 g/mol. The maximum atomic E-state index is 4.56. The van der Waals surface area contributed by atoms with Crippen molar-refractivity contribution in [2.45, 2.75) is 46.8 Å². The Bertz CT molecular complexity index is 801. The lowest BCUT2D eigenvalue weighted by Gasteiger charge is -2.14. The maximum absolute atomic E-state index is 4.56. The van der Waals surface area contributed by atoms with Gasteiger partial charge in [-0.3, -0.25) is 4.68 Å². The third kappa shape index (κ3) is 3.12. The van der Waals surface area contributed by atoms with Gasteiger partial charge < -0.3 is 5.32 Å². The van der Waals surface area contributed by atoms with Gasteiger partial charge in [-0.2, -0.15) is 10.2 Å². The zero-order valence-corrected chi connectivity index (χ0v) is 14.8. The molecule has 1 atom stereocenters. The lowest BCUT2D eigenvalue weighted by Crippen LogP contribution is -2.19. The predicted octanol–water partition coefficient (Wildman–Crippen LogP) is 3.56. The number of aryl methyl sites for hydroxylation is 1. The second-order valence-corrected chi connectivity index (χ2v) is 6.11. The lowest BCUT2D eigenvalue weighted by atomic mass is 10.1. The molecule has 5 heteroatoms. The van der Waals surface area contributed by atoms with Crippen LogP contribution >= 0.6 is 0 Å². The molecule has 5 nitrogen and oxygen atoms in total. The highest BCUT2D eigenvalue weighted by molar-refractivity contribution is 5.35. The van der Waals surface area contributed by atoms with Crippen molar-refractivity contribution < 1.29 is 0 Å². The Morgan fingerprint density at radius 2 is 1.79 bits per heavy atom. The van der Waals surface area contributed by atoms with Gasteiger partial charge in [0.2, 0.25) is 0 Å². The molecular formula is C19H25N5. The molecule has 0 saturated carbocycles. The largest absolute Gasteiger partial charge is 0.306 e. The second kappa shape index (κ2) is 7.01. The zero-order valence-electron chi connectivity index (χ0n) is 14.8. The van der Waals surface area contributed by atoms with E-state index in [1.54, 1.807) is 0 Å². The van der Waals surface area contributed by atoms with E-state index in [0.29, 0.717) is 0 Å². The molecular weight excluding hydrogens is 298 g/mol. The molecule has 0 aliphatic heterocycles. The molecule has 0 aliphatic rings. The van der Waals surface area contributed by atoms with Gasteiger partial charge in [0.15, 0.2) is 0 Å². The number of hydrogen-bond acceptors (Lipinski definition) is 3. The maximum Gasteiger partial charge on any atom is 0.0648 e. The van der Waals surface area contributed by atoms with Crippen LogP contribution in [0.15, 0.2) is 42.7 Å². The molecule has 0 fully saturated rings. The molecule has 0 amide bonds. The Morgan fingerprint density at radius 3 is 2.46 bits per heavy atom. The molecule has 3 rings (SSSR count). The highest BCUT2D eigenvalue weighted by Gasteiger charge is 2.15. The first-order valence-corrected chi connectivity index (χ1v) is 8.46. The number of hydrogen-bond donors (Lipinski definition) is 1. The summed E-state index contributed by atoms with van der Waals surface area (Å²) in [6.07, 6.45) is 3.92. The van der Waals surface area contributed by atoms with E-state index < -0.39 is 0 Å². The first-order chi connectivity index (χ1) is 11.6. The third-order valence-electron chi connectivity index (χ3n) is 4.62. The van der Waals surface area contributed by atoms with Crippen molar-refractivity contribution in [3.05, 3.63) is 65.2 Å². The SMILES string of the molecule is CCn1ncc(CNC(C)c2cnn(-c3ccccc3)c2C)c1C. The number of nitrogens with one attached hydrogen (secondary N) is 1. The van der Waals surface area contributed by atoms with Gasteiger partial charge in [0.1, 0.15) is 0 Å². The number of benzene rings is 1. The molecule has 24 heavy (non-hydrogen) atoms. The summed E-state index contributed by atoms with van der Waals surface area (Å²) in [5.41, 5.74) is 5.96. The van der Waals surface area contributed by atoms with E-state index >= 15 is 0 Å². The van der Waals surface area contributed by atoms with Crippen molar-refractivity contribution in [1.82, 2.24) is 24.9 Å². The zero-order chi connectivity index (χ0) is 17.1. The number of aromatic nitrogens is 4. The minimum Gasteiger partial charge on any atom is -0.306 e. The standard InChI is InChI=1S/C19H25N5/c1-5-23-15(3)17(12-21-23)11-20-14(2)19-13-22-24(16(19)4)18-9-7-6-8-10-18/h6-10,12-14,20H,5,11H2,1-4H3. The topological polar surface area (TPSA) is 47.7 Å². The summed E-state index contributed by atoms with van der Waals surface area (Å²) in [6.45, 7) is 10.2. The number of para-hydroxylation sites is 1. The normalized spacial score (nSPS) is 12.5. The molecule has 0 spiro atoms. The summed E-state index contributed by atoms with van der Waals surface area (Å²) in [7, 11) is 0. The van der Waals surface area contributed by atoms with Crippen LogP contribution < -0.4 is 5.32 Å². The smallest absolute Gasteiger partial charge is 0.0648 e. The van der Waals surface area contributed by atoms with Gasteiger partial charge in [0.05, 0.1) is 18.1 Å². The van der Waals surface area contributed by atoms with Crippen molar-refractivity contribution in [3.63, 3.8) is 0 Å². The van der Waals surface area contributed by atoms with Gasteiger partial charge in [-0.25, -0.2) is 4.68 Å². The first kappa shape index (κ1) is 16.5. The fourth-order valence-corrected chi connectivity index (χ4v) is 3.03. The summed E-state index contributed by atoms with van der Waals surface area (Å²) in [5.74, 6) is 0. The summed E-state index contributed by atoms with van der Waals surface area (Å²) in [6, 6.07) is 10.5. The van der Waals surface area contributed by atoms with Crippen LogP contribution in [-0.4, -0.2) is 19.6 Å². The van der Waals surface area contributed by atoms with Crippen LogP contribution in [0.3, 0.4) is 0 Å². The fourth-order valence-electron chi connectivity index (χ4n) is 3.03.